The minimum absolute atomic E-state index is 0.129. The highest BCUT2D eigenvalue weighted by Crippen LogP contribution is 2.17. The van der Waals surface area contributed by atoms with Crippen LogP contribution < -0.4 is 10.1 Å². The zero-order chi connectivity index (χ0) is 15.1. The van der Waals surface area contributed by atoms with Gasteiger partial charge in [0.25, 0.3) is 0 Å². The topological polar surface area (TPSA) is 21.3 Å². The molecule has 0 saturated heterocycles. The molecule has 112 valence electrons. The van der Waals surface area contributed by atoms with Crippen molar-refractivity contribution in [2.45, 2.75) is 25.8 Å². The molecule has 2 rings (SSSR count). The predicted octanol–water partition coefficient (Wildman–Crippen LogP) is 3.60. The summed E-state index contributed by atoms with van der Waals surface area (Å²) in [4.78, 5) is 0. The van der Waals surface area contributed by atoms with Crippen LogP contribution in [0.5, 0.6) is 5.75 Å². The van der Waals surface area contributed by atoms with Gasteiger partial charge in [0.15, 0.2) is 0 Å². The molecule has 0 aromatic heterocycles. The molecule has 0 bridgehead atoms. The van der Waals surface area contributed by atoms with Gasteiger partial charge in [0.05, 0.1) is 7.11 Å². The number of para-hydroxylation sites is 1. The fourth-order valence-electron chi connectivity index (χ4n) is 2.43. The smallest absolute Gasteiger partial charge is 0.126 e. The minimum atomic E-state index is -0.129. The average molecular weight is 287 g/mol. The van der Waals surface area contributed by atoms with Gasteiger partial charge in [-0.1, -0.05) is 36.4 Å². The van der Waals surface area contributed by atoms with Gasteiger partial charge in [0.1, 0.15) is 11.6 Å². The van der Waals surface area contributed by atoms with Crippen molar-refractivity contribution in [2.24, 2.45) is 0 Å². The molecule has 0 spiro atoms. The Morgan fingerprint density at radius 3 is 2.43 bits per heavy atom. The Hall–Kier alpha value is -1.87. The first-order valence-electron chi connectivity index (χ1n) is 7.29. The maximum atomic E-state index is 13.6. The van der Waals surface area contributed by atoms with E-state index >= 15 is 0 Å². The number of halogens is 1. The molecule has 1 atom stereocenters. The van der Waals surface area contributed by atoms with E-state index < -0.39 is 0 Å². The van der Waals surface area contributed by atoms with Gasteiger partial charge in [-0.25, -0.2) is 4.39 Å². The molecular weight excluding hydrogens is 265 g/mol. The van der Waals surface area contributed by atoms with Crippen LogP contribution in [-0.4, -0.2) is 19.7 Å². The van der Waals surface area contributed by atoms with Crippen molar-refractivity contribution in [3.8, 4) is 5.75 Å². The minimum Gasteiger partial charge on any atom is -0.496 e. The van der Waals surface area contributed by atoms with Crippen LogP contribution in [0.25, 0.3) is 0 Å². The van der Waals surface area contributed by atoms with Crippen LogP contribution in [0, 0.1) is 5.82 Å². The van der Waals surface area contributed by atoms with Gasteiger partial charge < -0.3 is 10.1 Å². The molecular formula is C18H22FNO. The lowest BCUT2D eigenvalue weighted by atomic mass is 10.1. The first kappa shape index (κ1) is 15.5. The molecule has 0 aliphatic heterocycles. The van der Waals surface area contributed by atoms with Gasteiger partial charge in [-0.15, -0.1) is 0 Å². The van der Waals surface area contributed by atoms with E-state index in [1.807, 2.05) is 30.3 Å². The first-order valence-corrected chi connectivity index (χ1v) is 7.29. The fraction of sp³-hybridized carbons (Fsp3) is 0.333. The van der Waals surface area contributed by atoms with E-state index in [0.29, 0.717) is 6.42 Å². The summed E-state index contributed by atoms with van der Waals surface area (Å²) < 4.78 is 18.9. The van der Waals surface area contributed by atoms with E-state index in [-0.39, 0.29) is 11.9 Å². The highest BCUT2D eigenvalue weighted by Gasteiger charge is 2.07. The van der Waals surface area contributed by atoms with Crippen molar-refractivity contribution in [2.75, 3.05) is 13.7 Å². The summed E-state index contributed by atoms with van der Waals surface area (Å²) in [6, 6.07) is 15.2. The third-order valence-electron chi connectivity index (χ3n) is 3.56. The highest BCUT2D eigenvalue weighted by molar-refractivity contribution is 5.33. The van der Waals surface area contributed by atoms with Crippen molar-refractivity contribution in [1.29, 1.82) is 0 Å². The summed E-state index contributed by atoms with van der Waals surface area (Å²) in [6.07, 6.45) is 1.59. The Bertz CT molecular complexity index is 571. The highest BCUT2D eigenvalue weighted by atomic mass is 19.1. The Kier molecular flexibility index (Phi) is 5.76. The van der Waals surface area contributed by atoms with E-state index in [9.17, 15) is 4.39 Å². The number of nitrogens with one attached hydrogen (secondary N) is 1. The predicted molar refractivity (Wildman–Crippen MR) is 84.3 cm³/mol. The monoisotopic (exact) mass is 287 g/mol. The van der Waals surface area contributed by atoms with Crippen molar-refractivity contribution in [3.05, 3.63) is 65.5 Å². The summed E-state index contributed by atoms with van der Waals surface area (Å²) in [6.45, 7) is 2.92. The van der Waals surface area contributed by atoms with Gasteiger partial charge in [-0.3, -0.25) is 0 Å². The lowest BCUT2D eigenvalue weighted by Gasteiger charge is -2.15. The zero-order valence-corrected chi connectivity index (χ0v) is 12.6. The largest absolute Gasteiger partial charge is 0.496 e. The van der Waals surface area contributed by atoms with Crippen LogP contribution in [0.1, 0.15) is 18.1 Å². The molecule has 3 heteroatoms. The molecule has 2 aromatic rings. The SMILES string of the molecule is COc1ccccc1CCNC(C)Cc1ccccc1F. The van der Waals surface area contributed by atoms with E-state index in [4.69, 9.17) is 4.74 Å². The molecule has 0 radical (unpaired) electrons. The number of methoxy groups -OCH3 is 1. The summed E-state index contributed by atoms with van der Waals surface area (Å²) in [5, 5.41) is 3.44. The second-order valence-electron chi connectivity index (χ2n) is 5.21. The van der Waals surface area contributed by atoms with E-state index in [1.165, 1.54) is 11.6 Å². The lowest BCUT2D eigenvalue weighted by molar-refractivity contribution is 0.408. The molecule has 1 N–H and O–H groups in total. The second-order valence-corrected chi connectivity index (χ2v) is 5.21. The number of ether oxygens (including phenoxy) is 1. The van der Waals surface area contributed by atoms with Crippen molar-refractivity contribution < 1.29 is 9.13 Å². The quantitative estimate of drug-likeness (QED) is 0.840. The molecule has 0 aliphatic rings. The zero-order valence-electron chi connectivity index (χ0n) is 12.6. The number of benzene rings is 2. The second kappa shape index (κ2) is 7.79. The van der Waals surface area contributed by atoms with Gasteiger partial charge in [-0.05, 0) is 49.6 Å². The Balaban J connectivity index is 1.82. The van der Waals surface area contributed by atoms with Gasteiger partial charge >= 0.3 is 0 Å². The Morgan fingerprint density at radius 2 is 1.71 bits per heavy atom. The van der Waals surface area contributed by atoms with Crippen molar-refractivity contribution in [1.82, 2.24) is 5.32 Å². The third-order valence-corrected chi connectivity index (χ3v) is 3.56. The molecule has 21 heavy (non-hydrogen) atoms. The molecule has 0 heterocycles. The Morgan fingerprint density at radius 1 is 1.05 bits per heavy atom. The first-order chi connectivity index (χ1) is 10.2. The van der Waals surface area contributed by atoms with Crippen LogP contribution in [0.3, 0.4) is 0 Å². The maximum Gasteiger partial charge on any atom is 0.126 e. The molecule has 0 aliphatic carbocycles. The fourth-order valence-corrected chi connectivity index (χ4v) is 2.43. The molecule has 0 amide bonds. The van der Waals surface area contributed by atoms with E-state index in [1.54, 1.807) is 13.2 Å². The van der Waals surface area contributed by atoms with Crippen LogP contribution >= 0.6 is 0 Å². The number of hydrogen-bond acceptors (Lipinski definition) is 2. The number of rotatable bonds is 7. The van der Waals surface area contributed by atoms with Crippen LogP contribution in [0.15, 0.2) is 48.5 Å². The van der Waals surface area contributed by atoms with E-state index in [0.717, 1.165) is 24.3 Å². The van der Waals surface area contributed by atoms with Crippen molar-refractivity contribution in [3.63, 3.8) is 0 Å². The van der Waals surface area contributed by atoms with Gasteiger partial charge in [0.2, 0.25) is 0 Å². The molecule has 1 unspecified atom stereocenters. The van der Waals surface area contributed by atoms with Crippen molar-refractivity contribution >= 4 is 0 Å². The van der Waals surface area contributed by atoms with Gasteiger partial charge in [-0.2, -0.15) is 0 Å². The summed E-state index contributed by atoms with van der Waals surface area (Å²) in [5.74, 6) is 0.789. The average Bonchev–Trinajstić information content (AvgIpc) is 2.50. The summed E-state index contributed by atoms with van der Waals surface area (Å²) in [7, 11) is 1.69. The lowest BCUT2D eigenvalue weighted by Crippen LogP contribution is -2.30. The van der Waals surface area contributed by atoms with Crippen LogP contribution in [0.4, 0.5) is 4.39 Å². The van der Waals surface area contributed by atoms with Crippen LogP contribution in [0.2, 0.25) is 0 Å². The van der Waals surface area contributed by atoms with Gasteiger partial charge in [0, 0.05) is 6.04 Å². The Labute approximate surface area is 126 Å². The summed E-state index contributed by atoms with van der Waals surface area (Å²) >= 11 is 0. The van der Waals surface area contributed by atoms with Crippen LogP contribution in [-0.2, 0) is 12.8 Å². The molecule has 0 fully saturated rings. The maximum absolute atomic E-state index is 13.6. The van der Waals surface area contributed by atoms with E-state index in [2.05, 4.69) is 18.3 Å². The molecule has 0 saturated carbocycles. The molecule has 2 nitrogen and oxygen atoms in total. The molecule has 2 aromatic carbocycles. The standard InChI is InChI=1S/C18H22FNO/c1-14(13-16-8-3-5-9-17(16)19)20-12-11-15-7-4-6-10-18(15)21-2/h3-10,14,20H,11-13H2,1-2H3. The normalized spacial score (nSPS) is 12.1. The summed E-state index contributed by atoms with van der Waals surface area (Å²) in [5.41, 5.74) is 1.94. The third kappa shape index (κ3) is 4.57. The number of hydrogen-bond donors (Lipinski definition) is 1.